The lowest BCUT2D eigenvalue weighted by atomic mass is 10.0. The molecule has 1 atom stereocenters. The third-order valence-electron chi connectivity index (χ3n) is 3.57. The van der Waals surface area contributed by atoms with Crippen molar-refractivity contribution in [2.24, 2.45) is 5.73 Å². The fourth-order valence-corrected chi connectivity index (χ4v) is 2.42. The second-order valence-electron chi connectivity index (χ2n) is 7.02. The van der Waals surface area contributed by atoms with Gasteiger partial charge in [0.2, 0.25) is 5.91 Å². The minimum absolute atomic E-state index is 0. The van der Waals surface area contributed by atoms with Crippen molar-refractivity contribution in [2.45, 2.75) is 38.8 Å². The molecule has 0 aliphatic rings. The van der Waals surface area contributed by atoms with E-state index in [9.17, 15) is 9.59 Å². The molecule has 140 valence electrons. The van der Waals surface area contributed by atoms with E-state index >= 15 is 0 Å². The summed E-state index contributed by atoms with van der Waals surface area (Å²) in [7, 11) is 0. The maximum absolute atomic E-state index is 12.4. The Morgan fingerprint density at radius 2 is 1.58 bits per heavy atom. The van der Waals surface area contributed by atoms with Crippen molar-refractivity contribution in [3.63, 3.8) is 0 Å². The first-order valence-electron chi connectivity index (χ1n) is 8.28. The fourth-order valence-electron chi connectivity index (χ4n) is 2.42. The lowest BCUT2D eigenvalue weighted by Gasteiger charge is -2.21. The minimum Gasteiger partial charge on any atom is -0.347 e. The molecule has 1 unspecified atom stereocenters. The maximum Gasteiger partial charge on any atom is 0.253 e. The van der Waals surface area contributed by atoms with Crippen LogP contribution in [0, 0.1) is 0 Å². The molecule has 0 saturated carbocycles. The summed E-state index contributed by atoms with van der Waals surface area (Å²) >= 11 is 0. The van der Waals surface area contributed by atoms with Crippen molar-refractivity contribution in [1.29, 1.82) is 0 Å². The number of anilines is 1. The van der Waals surface area contributed by atoms with Crippen LogP contribution in [0.15, 0.2) is 54.6 Å². The van der Waals surface area contributed by atoms with Crippen LogP contribution in [-0.4, -0.2) is 17.4 Å². The molecule has 26 heavy (non-hydrogen) atoms. The van der Waals surface area contributed by atoms with Gasteiger partial charge in [0.25, 0.3) is 5.91 Å². The highest BCUT2D eigenvalue weighted by Crippen LogP contribution is 2.19. The van der Waals surface area contributed by atoms with Gasteiger partial charge in [-0.05, 0) is 38.5 Å². The highest BCUT2D eigenvalue weighted by Gasteiger charge is 2.19. The van der Waals surface area contributed by atoms with E-state index in [4.69, 9.17) is 5.73 Å². The SMILES string of the molecule is CC(C)(C)NC(=O)c1ccccc1NC(=O)CC(N)c1ccccc1.Cl. The summed E-state index contributed by atoms with van der Waals surface area (Å²) in [5.74, 6) is -0.455. The molecule has 0 spiro atoms. The molecule has 0 heterocycles. The molecule has 0 aromatic heterocycles. The number of halogens is 1. The zero-order chi connectivity index (χ0) is 18.4. The molecular formula is C20H26ClN3O2. The van der Waals surface area contributed by atoms with E-state index in [2.05, 4.69) is 10.6 Å². The first-order chi connectivity index (χ1) is 11.8. The zero-order valence-corrected chi connectivity index (χ0v) is 16.1. The lowest BCUT2D eigenvalue weighted by molar-refractivity contribution is -0.116. The quantitative estimate of drug-likeness (QED) is 0.745. The van der Waals surface area contributed by atoms with Crippen molar-refractivity contribution in [1.82, 2.24) is 5.32 Å². The van der Waals surface area contributed by atoms with Crippen molar-refractivity contribution in [2.75, 3.05) is 5.32 Å². The Balaban J connectivity index is 0.00000338. The Labute approximate surface area is 160 Å². The Morgan fingerprint density at radius 1 is 1.00 bits per heavy atom. The van der Waals surface area contributed by atoms with Gasteiger partial charge in [0, 0.05) is 18.0 Å². The van der Waals surface area contributed by atoms with E-state index in [1.54, 1.807) is 24.3 Å². The number of rotatable bonds is 5. The number of hydrogen-bond acceptors (Lipinski definition) is 3. The van der Waals surface area contributed by atoms with Gasteiger partial charge in [0.15, 0.2) is 0 Å². The standard InChI is InChI=1S/C20H25N3O2.ClH/c1-20(2,3)23-19(25)15-11-7-8-12-17(15)22-18(24)13-16(21)14-9-5-4-6-10-14;/h4-12,16H,13,21H2,1-3H3,(H,22,24)(H,23,25);1H. The second kappa shape index (κ2) is 9.36. The largest absolute Gasteiger partial charge is 0.347 e. The van der Waals surface area contributed by atoms with E-state index in [-0.39, 0.29) is 36.2 Å². The molecule has 0 aliphatic carbocycles. The Kier molecular flexibility index (Phi) is 7.80. The average molecular weight is 376 g/mol. The molecule has 0 aliphatic heterocycles. The lowest BCUT2D eigenvalue weighted by Crippen LogP contribution is -2.40. The van der Waals surface area contributed by atoms with Gasteiger partial charge < -0.3 is 16.4 Å². The van der Waals surface area contributed by atoms with Crippen LogP contribution in [-0.2, 0) is 4.79 Å². The maximum atomic E-state index is 12.4. The van der Waals surface area contributed by atoms with Gasteiger partial charge in [-0.25, -0.2) is 0 Å². The van der Waals surface area contributed by atoms with Crippen LogP contribution in [0.5, 0.6) is 0 Å². The fraction of sp³-hybridized carbons (Fsp3) is 0.300. The van der Waals surface area contributed by atoms with Gasteiger partial charge >= 0.3 is 0 Å². The van der Waals surface area contributed by atoms with E-state index in [0.717, 1.165) is 5.56 Å². The van der Waals surface area contributed by atoms with Crippen LogP contribution in [0.2, 0.25) is 0 Å². The van der Waals surface area contributed by atoms with Crippen LogP contribution < -0.4 is 16.4 Å². The molecule has 0 fully saturated rings. The highest BCUT2D eigenvalue weighted by atomic mass is 35.5. The van der Waals surface area contributed by atoms with E-state index < -0.39 is 6.04 Å². The Bertz CT molecular complexity index is 742. The van der Waals surface area contributed by atoms with E-state index in [0.29, 0.717) is 11.3 Å². The molecule has 2 aromatic rings. The summed E-state index contributed by atoms with van der Waals surface area (Å²) < 4.78 is 0. The molecule has 5 nitrogen and oxygen atoms in total. The van der Waals surface area contributed by atoms with Gasteiger partial charge in [-0.1, -0.05) is 42.5 Å². The number of nitrogens with two attached hydrogens (primary N) is 1. The number of para-hydroxylation sites is 1. The number of hydrogen-bond donors (Lipinski definition) is 3. The molecule has 0 saturated heterocycles. The molecule has 2 rings (SSSR count). The molecule has 4 N–H and O–H groups in total. The first-order valence-corrected chi connectivity index (χ1v) is 8.28. The van der Waals surface area contributed by atoms with Crippen molar-refractivity contribution >= 4 is 29.9 Å². The van der Waals surface area contributed by atoms with E-state index in [1.165, 1.54) is 0 Å². The molecule has 0 bridgehead atoms. The van der Waals surface area contributed by atoms with Crippen molar-refractivity contribution < 1.29 is 9.59 Å². The minimum atomic E-state index is -0.392. The average Bonchev–Trinajstić information content (AvgIpc) is 2.54. The van der Waals surface area contributed by atoms with Crippen LogP contribution in [0.25, 0.3) is 0 Å². The van der Waals surface area contributed by atoms with Crippen LogP contribution >= 0.6 is 12.4 Å². The Morgan fingerprint density at radius 3 is 2.19 bits per heavy atom. The summed E-state index contributed by atoms with van der Waals surface area (Å²) in [6.07, 6.45) is 0.138. The summed E-state index contributed by atoms with van der Waals surface area (Å²) in [6, 6.07) is 16.0. The molecule has 6 heteroatoms. The predicted molar refractivity (Wildman–Crippen MR) is 108 cm³/mol. The third kappa shape index (κ3) is 6.50. The topological polar surface area (TPSA) is 84.2 Å². The summed E-state index contributed by atoms with van der Waals surface area (Å²) in [5, 5.41) is 5.70. The van der Waals surface area contributed by atoms with Gasteiger partial charge in [-0.3, -0.25) is 9.59 Å². The normalized spacial score (nSPS) is 11.8. The Hall–Kier alpha value is -2.37. The number of nitrogens with one attached hydrogen (secondary N) is 2. The van der Waals surface area contributed by atoms with Crippen molar-refractivity contribution in [3.8, 4) is 0 Å². The van der Waals surface area contributed by atoms with Crippen LogP contribution in [0.3, 0.4) is 0 Å². The second-order valence-corrected chi connectivity index (χ2v) is 7.02. The molecule has 2 amide bonds. The number of carbonyl (C=O) groups is 2. The monoisotopic (exact) mass is 375 g/mol. The number of benzene rings is 2. The summed E-state index contributed by atoms with van der Waals surface area (Å²) in [5.41, 5.74) is 7.54. The summed E-state index contributed by atoms with van der Waals surface area (Å²) in [4.78, 5) is 24.8. The third-order valence-corrected chi connectivity index (χ3v) is 3.57. The van der Waals surface area contributed by atoms with Gasteiger partial charge in [-0.2, -0.15) is 0 Å². The van der Waals surface area contributed by atoms with Crippen molar-refractivity contribution in [3.05, 3.63) is 65.7 Å². The number of amides is 2. The van der Waals surface area contributed by atoms with Gasteiger partial charge in [0.1, 0.15) is 0 Å². The van der Waals surface area contributed by atoms with Crippen LogP contribution in [0.4, 0.5) is 5.69 Å². The van der Waals surface area contributed by atoms with E-state index in [1.807, 2.05) is 51.1 Å². The van der Waals surface area contributed by atoms with Gasteiger partial charge in [0.05, 0.1) is 11.3 Å². The van der Waals surface area contributed by atoms with Gasteiger partial charge in [-0.15, -0.1) is 12.4 Å². The summed E-state index contributed by atoms with van der Waals surface area (Å²) in [6.45, 7) is 5.72. The number of carbonyl (C=O) groups excluding carboxylic acids is 2. The predicted octanol–water partition coefficient (Wildman–Crippen LogP) is 3.67. The molecule has 2 aromatic carbocycles. The first kappa shape index (κ1) is 21.7. The van der Waals surface area contributed by atoms with Crippen LogP contribution in [0.1, 0.15) is 49.2 Å². The smallest absolute Gasteiger partial charge is 0.253 e. The molecule has 0 radical (unpaired) electrons. The molecular weight excluding hydrogens is 350 g/mol. The highest BCUT2D eigenvalue weighted by molar-refractivity contribution is 6.04. The zero-order valence-electron chi connectivity index (χ0n) is 15.3.